The molecule has 6 nitrogen and oxygen atoms in total. The number of amides is 2. The van der Waals surface area contributed by atoms with Crippen LogP contribution in [0.1, 0.15) is 28.4 Å². The van der Waals surface area contributed by atoms with Gasteiger partial charge in [-0.25, -0.2) is 0 Å². The van der Waals surface area contributed by atoms with Crippen LogP contribution in [0, 0.1) is 0 Å². The molecule has 1 aromatic carbocycles. The Hall–Kier alpha value is -2.09. The van der Waals surface area contributed by atoms with Gasteiger partial charge >= 0.3 is 0 Å². The number of para-hydroxylation sites is 1. The number of nitrogens with zero attached hydrogens (tertiary/aromatic N) is 1. The van der Waals surface area contributed by atoms with Gasteiger partial charge in [-0.05, 0) is 17.5 Å². The van der Waals surface area contributed by atoms with Gasteiger partial charge in [0.1, 0.15) is 5.75 Å². The van der Waals surface area contributed by atoms with E-state index in [-0.39, 0.29) is 36.7 Å². The van der Waals surface area contributed by atoms with Crippen LogP contribution in [0.3, 0.4) is 0 Å². The van der Waals surface area contributed by atoms with E-state index >= 15 is 0 Å². The van der Waals surface area contributed by atoms with Crippen LogP contribution in [0.5, 0.6) is 5.75 Å². The van der Waals surface area contributed by atoms with Gasteiger partial charge in [0.2, 0.25) is 5.91 Å². The largest absolute Gasteiger partial charge is 0.496 e. The lowest BCUT2D eigenvalue weighted by atomic mass is 10.0. The van der Waals surface area contributed by atoms with Gasteiger partial charge in [-0.15, -0.1) is 12.4 Å². The van der Waals surface area contributed by atoms with E-state index in [1.165, 1.54) is 11.3 Å². The summed E-state index contributed by atoms with van der Waals surface area (Å²) in [6, 6.07) is 9.49. The van der Waals surface area contributed by atoms with Crippen molar-refractivity contribution >= 4 is 35.6 Å². The maximum absolute atomic E-state index is 12.8. The lowest BCUT2D eigenvalue weighted by molar-refractivity contribution is -0.134. The number of carbonyl (C=O) groups is 2. The molecule has 0 saturated carbocycles. The average molecular weight is 410 g/mol. The van der Waals surface area contributed by atoms with Crippen LogP contribution in [0.15, 0.2) is 41.1 Å². The Labute approximate surface area is 169 Å². The highest BCUT2D eigenvalue weighted by Crippen LogP contribution is 2.30. The summed E-state index contributed by atoms with van der Waals surface area (Å²) < 4.78 is 5.46. The summed E-state index contributed by atoms with van der Waals surface area (Å²) >= 11 is 1.48. The zero-order chi connectivity index (χ0) is 18.4. The zero-order valence-corrected chi connectivity index (χ0v) is 16.8. The van der Waals surface area contributed by atoms with Crippen LogP contribution >= 0.6 is 23.7 Å². The molecular weight excluding hydrogens is 386 g/mol. The Morgan fingerprint density at radius 1 is 1.33 bits per heavy atom. The number of rotatable bonds is 6. The van der Waals surface area contributed by atoms with Crippen LogP contribution < -0.4 is 15.4 Å². The summed E-state index contributed by atoms with van der Waals surface area (Å²) in [7, 11) is 1.64. The lowest BCUT2D eigenvalue weighted by Crippen LogP contribution is -2.49. The Morgan fingerprint density at radius 3 is 2.89 bits per heavy atom. The highest BCUT2D eigenvalue weighted by molar-refractivity contribution is 7.08. The molecule has 1 aliphatic rings. The van der Waals surface area contributed by atoms with Gasteiger partial charge in [-0.3, -0.25) is 9.59 Å². The number of nitrogens with one attached hydrogen (secondary N) is 2. The van der Waals surface area contributed by atoms with E-state index in [1.54, 1.807) is 18.6 Å². The molecule has 0 spiro atoms. The van der Waals surface area contributed by atoms with Gasteiger partial charge in [0, 0.05) is 49.1 Å². The van der Waals surface area contributed by atoms with Crippen LogP contribution in [-0.4, -0.2) is 50.0 Å². The van der Waals surface area contributed by atoms with Crippen molar-refractivity contribution in [3.8, 4) is 5.75 Å². The SMILES string of the molecule is COc1ccccc1C1CNCCN1C(=O)CCNC(=O)c1ccsc1.Cl. The van der Waals surface area contributed by atoms with Gasteiger partial charge in [0.05, 0.1) is 13.2 Å². The molecule has 2 aromatic rings. The molecule has 3 rings (SSSR count). The summed E-state index contributed by atoms with van der Waals surface area (Å²) in [6.45, 7) is 2.42. The van der Waals surface area contributed by atoms with E-state index in [9.17, 15) is 9.59 Å². The van der Waals surface area contributed by atoms with E-state index in [4.69, 9.17) is 4.74 Å². The fourth-order valence-electron chi connectivity index (χ4n) is 3.14. The molecule has 2 heterocycles. The first-order valence-electron chi connectivity index (χ1n) is 8.64. The van der Waals surface area contributed by atoms with Gasteiger partial charge in [0.15, 0.2) is 0 Å². The van der Waals surface area contributed by atoms with Crippen molar-refractivity contribution in [2.75, 3.05) is 33.3 Å². The third kappa shape index (κ3) is 5.22. The van der Waals surface area contributed by atoms with E-state index < -0.39 is 0 Å². The minimum absolute atomic E-state index is 0. The van der Waals surface area contributed by atoms with Gasteiger partial charge in [0.25, 0.3) is 5.91 Å². The lowest BCUT2D eigenvalue weighted by Gasteiger charge is -2.37. The number of piperazine rings is 1. The summed E-state index contributed by atoms with van der Waals surface area (Å²) in [4.78, 5) is 26.6. The fraction of sp³-hybridized carbons (Fsp3) is 0.368. The van der Waals surface area contributed by atoms with Gasteiger partial charge < -0.3 is 20.3 Å². The molecule has 27 heavy (non-hydrogen) atoms. The normalized spacial score (nSPS) is 16.3. The van der Waals surface area contributed by atoms with Crippen molar-refractivity contribution in [3.63, 3.8) is 0 Å². The van der Waals surface area contributed by atoms with Crippen molar-refractivity contribution in [1.29, 1.82) is 0 Å². The number of benzene rings is 1. The first-order chi connectivity index (χ1) is 12.7. The number of hydrogen-bond donors (Lipinski definition) is 2. The second-order valence-electron chi connectivity index (χ2n) is 6.07. The first kappa shape index (κ1) is 21.2. The summed E-state index contributed by atoms with van der Waals surface area (Å²) in [6.07, 6.45) is 0.279. The number of thiophene rings is 1. The minimum Gasteiger partial charge on any atom is -0.496 e. The molecule has 1 fully saturated rings. The molecular formula is C19H24ClN3O3S. The molecule has 2 N–H and O–H groups in total. The monoisotopic (exact) mass is 409 g/mol. The van der Waals surface area contributed by atoms with Crippen LogP contribution in [0.4, 0.5) is 0 Å². The molecule has 1 aliphatic heterocycles. The Morgan fingerprint density at radius 2 is 2.15 bits per heavy atom. The fourth-order valence-corrected chi connectivity index (χ4v) is 3.78. The van der Waals surface area contributed by atoms with Crippen LogP contribution in [0.25, 0.3) is 0 Å². The Balaban J connectivity index is 0.00000261. The second kappa shape index (κ2) is 10.3. The van der Waals surface area contributed by atoms with Crippen molar-refractivity contribution in [1.82, 2.24) is 15.5 Å². The number of methoxy groups -OCH3 is 1. The maximum Gasteiger partial charge on any atom is 0.252 e. The molecule has 0 radical (unpaired) electrons. The van der Waals surface area contributed by atoms with E-state index in [1.807, 2.05) is 34.5 Å². The highest BCUT2D eigenvalue weighted by Gasteiger charge is 2.29. The predicted octanol–water partition coefficient (Wildman–Crippen LogP) is 2.47. The third-order valence-electron chi connectivity index (χ3n) is 4.47. The van der Waals surface area contributed by atoms with Crippen molar-refractivity contribution < 1.29 is 14.3 Å². The van der Waals surface area contributed by atoms with E-state index in [0.29, 0.717) is 25.2 Å². The van der Waals surface area contributed by atoms with E-state index in [2.05, 4.69) is 10.6 Å². The first-order valence-corrected chi connectivity index (χ1v) is 9.58. The third-order valence-corrected chi connectivity index (χ3v) is 5.15. The highest BCUT2D eigenvalue weighted by atomic mass is 35.5. The predicted molar refractivity (Wildman–Crippen MR) is 109 cm³/mol. The number of ether oxygens (including phenoxy) is 1. The molecule has 146 valence electrons. The number of hydrogen-bond acceptors (Lipinski definition) is 5. The zero-order valence-electron chi connectivity index (χ0n) is 15.1. The van der Waals surface area contributed by atoms with Gasteiger partial charge in [-0.2, -0.15) is 11.3 Å². The molecule has 0 bridgehead atoms. The van der Waals surface area contributed by atoms with Crippen molar-refractivity contribution in [2.24, 2.45) is 0 Å². The average Bonchev–Trinajstić information content (AvgIpc) is 3.22. The maximum atomic E-state index is 12.8. The standard InChI is InChI=1S/C19H23N3O3S.ClH/c1-25-17-5-3-2-4-15(17)16-12-20-9-10-22(16)18(23)6-8-21-19(24)14-7-11-26-13-14;/h2-5,7,11,13,16,20H,6,8-10,12H2,1H3,(H,21,24);1H. The summed E-state index contributed by atoms with van der Waals surface area (Å²) in [5, 5.41) is 9.81. The van der Waals surface area contributed by atoms with Crippen molar-refractivity contribution in [2.45, 2.75) is 12.5 Å². The molecule has 8 heteroatoms. The molecule has 2 amide bonds. The van der Waals surface area contributed by atoms with E-state index in [0.717, 1.165) is 17.9 Å². The number of carbonyl (C=O) groups excluding carboxylic acids is 2. The van der Waals surface area contributed by atoms with Crippen LogP contribution in [-0.2, 0) is 4.79 Å². The molecule has 1 unspecified atom stereocenters. The summed E-state index contributed by atoms with van der Waals surface area (Å²) in [5.74, 6) is 0.679. The molecule has 1 saturated heterocycles. The molecule has 1 atom stereocenters. The minimum atomic E-state index is -0.138. The van der Waals surface area contributed by atoms with Crippen LogP contribution in [0.2, 0.25) is 0 Å². The molecule has 0 aliphatic carbocycles. The summed E-state index contributed by atoms with van der Waals surface area (Å²) in [5.41, 5.74) is 1.63. The smallest absolute Gasteiger partial charge is 0.252 e. The quantitative estimate of drug-likeness (QED) is 0.768. The van der Waals surface area contributed by atoms with Crippen molar-refractivity contribution in [3.05, 3.63) is 52.2 Å². The second-order valence-corrected chi connectivity index (χ2v) is 6.85. The Kier molecular flexibility index (Phi) is 8.09. The number of halogens is 1. The molecule has 1 aromatic heterocycles. The van der Waals surface area contributed by atoms with Gasteiger partial charge in [-0.1, -0.05) is 18.2 Å². The topological polar surface area (TPSA) is 70.7 Å². The Bertz CT molecular complexity index is 754.